The molecule has 0 aliphatic carbocycles. The molecule has 0 aliphatic rings. The number of rotatable bonds is 9. The fraction of sp³-hybridized carbons (Fsp3) is 0.136. The molecule has 0 saturated heterocycles. The summed E-state index contributed by atoms with van der Waals surface area (Å²) in [7, 11) is 0. The Labute approximate surface area is 184 Å². The number of thioether (sulfide) groups is 1. The van der Waals surface area contributed by atoms with E-state index in [1.54, 1.807) is 42.7 Å². The molecule has 0 unspecified atom stereocenters. The minimum Gasteiger partial charge on any atom is -0.484 e. The summed E-state index contributed by atoms with van der Waals surface area (Å²) in [6.07, 6.45) is 4.76. The SMILES string of the molecule is Cc1ccc(NC(=O)COc2ccc(/C=N\NC(=O)CSc3ncccn3)cc2)cc1. The van der Waals surface area contributed by atoms with Gasteiger partial charge in [0.1, 0.15) is 5.75 Å². The van der Waals surface area contributed by atoms with E-state index in [-0.39, 0.29) is 24.2 Å². The first-order valence-electron chi connectivity index (χ1n) is 9.39. The Balaban J connectivity index is 1.38. The van der Waals surface area contributed by atoms with Gasteiger partial charge in [-0.25, -0.2) is 15.4 Å². The van der Waals surface area contributed by atoms with Gasteiger partial charge < -0.3 is 10.1 Å². The molecule has 0 aliphatic heterocycles. The van der Waals surface area contributed by atoms with Gasteiger partial charge in [0.05, 0.1) is 12.0 Å². The maximum Gasteiger partial charge on any atom is 0.262 e. The maximum atomic E-state index is 12.0. The van der Waals surface area contributed by atoms with Gasteiger partial charge in [-0.3, -0.25) is 9.59 Å². The first-order valence-corrected chi connectivity index (χ1v) is 10.4. The van der Waals surface area contributed by atoms with Gasteiger partial charge in [0.25, 0.3) is 11.8 Å². The normalized spacial score (nSPS) is 10.6. The number of ether oxygens (including phenoxy) is 1. The van der Waals surface area contributed by atoms with Crippen molar-refractivity contribution in [2.45, 2.75) is 12.1 Å². The fourth-order valence-corrected chi connectivity index (χ4v) is 2.93. The van der Waals surface area contributed by atoms with E-state index in [9.17, 15) is 9.59 Å². The van der Waals surface area contributed by atoms with Gasteiger partial charge in [-0.1, -0.05) is 29.5 Å². The van der Waals surface area contributed by atoms with Crippen LogP contribution in [-0.2, 0) is 9.59 Å². The van der Waals surface area contributed by atoms with Crippen LogP contribution in [0.1, 0.15) is 11.1 Å². The Morgan fingerprint density at radius 2 is 1.74 bits per heavy atom. The predicted molar refractivity (Wildman–Crippen MR) is 120 cm³/mol. The van der Waals surface area contributed by atoms with Crippen LogP contribution in [0.15, 0.2) is 77.2 Å². The van der Waals surface area contributed by atoms with Crippen molar-refractivity contribution < 1.29 is 14.3 Å². The zero-order chi connectivity index (χ0) is 21.9. The molecule has 1 aromatic heterocycles. The van der Waals surface area contributed by atoms with Crippen molar-refractivity contribution in [1.82, 2.24) is 15.4 Å². The quantitative estimate of drug-likeness (QED) is 0.232. The van der Waals surface area contributed by atoms with E-state index in [4.69, 9.17) is 4.74 Å². The summed E-state index contributed by atoms with van der Waals surface area (Å²) in [5.74, 6) is 0.224. The number of anilines is 1. The molecule has 2 aromatic carbocycles. The highest BCUT2D eigenvalue weighted by Crippen LogP contribution is 2.13. The van der Waals surface area contributed by atoms with Crippen molar-refractivity contribution in [3.8, 4) is 5.75 Å². The van der Waals surface area contributed by atoms with Gasteiger partial charge in [-0.05, 0) is 55.0 Å². The minimum absolute atomic E-state index is 0.0971. The van der Waals surface area contributed by atoms with E-state index in [0.717, 1.165) is 16.8 Å². The van der Waals surface area contributed by atoms with Gasteiger partial charge in [-0.2, -0.15) is 5.10 Å². The van der Waals surface area contributed by atoms with Crippen molar-refractivity contribution >= 4 is 35.5 Å². The van der Waals surface area contributed by atoms with E-state index in [0.29, 0.717) is 10.9 Å². The molecule has 0 spiro atoms. The molecule has 0 radical (unpaired) electrons. The summed E-state index contributed by atoms with van der Waals surface area (Å²) < 4.78 is 5.49. The van der Waals surface area contributed by atoms with Crippen molar-refractivity contribution in [2.75, 3.05) is 17.7 Å². The number of nitrogens with one attached hydrogen (secondary N) is 2. The molecule has 0 saturated carbocycles. The van der Waals surface area contributed by atoms with Crippen LogP contribution in [0.5, 0.6) is 5.75 Å². The number of aryl methyl sites for hydroxylation is 1. The van der Waals surface area contributed by atoms with Gasteiger partial charge in [-0.15, -0.1) is 0 Å². The lowest BCUT2D eigenvalue weighted by atomic mass is 10.2. The van der Waals surface area contributed by atoms with Gasteiger partial charge in [0.15, 0.2) is 11.8 Å². The third-order valence-corrected chi connectivity index (χ3v) is 4.74. The summed E-state index contributed by atoms with van der Waals surface area (Å²) in [6.45, 7) is 1.89. The summed E-state index contributed by atoms with van der Waals surface area (Å²) in [5, 5.41) is 7.23. The van der Waals surface area contributed by atoms with Crippen LogP contribution in [0.4, 0.5) is 5.69 Å². The second-order valence-electron chi connectivity index (χ2n) is 6.39. The summed E-state index contributed by atoms with van der Waals surface area (Å²) in [6, 6.07) is 16.2. The van der Waals surface area contributed by atoms with E-state index in [2.05, 4.69) is 25.8 Å². The van der Waals surface area contributed by atoms with Crippen LogP contribution >= 0.6 is 11.8 Å². The van der Waals surface area contributed by atoms with Crippen LogP contribution < -0.4 is 15.5 Å². The van der Waals surface area contributed by atoms with Crippen molar-refractivity contribution in [2.24, 2.45) is 5.10 Å². The van der Waals surface area contributed by atoms with E-state index < -0.39 is 0 Å². The lowest BCUT2D eigenvalue weighted by Crippen LogP contribution is -2.20. The Hall–Kier alpha value is -3.72. The molecule has 1 heterocycles. The number of carbonyl (C=O) groups is 2. The molecule has 31 heavy (non-hydrogen) atoms. The second kappa shape index (κ2) is 11.5. The number of carbonyl (C=O) groups excluding carboxylic acids is 2. The Bertz CT molecular complexity index is 1030. The number of benzene rings is 2. The standard InChI is InChI=1S/C22H21N5O3S/c1-16-3-7-18(8-4-16)26-20(28)14-30-19-9-5-17(6-10-19)13-25-27-21(29)15-31-22-23-11-2-12-24-22/h2-13H,14-15H2,1H3,(H,26,28)(H,27,29)/b25-13-. The number of nitrogens with zero attached hydrogens (tertiary/aromatic N) is 3. The van der Waals surface area contributed by atoms with Gasteiger partial charge >= 0.3 is 0 Å². The molecule has 0 atom stereocenters. The van der Waals surface area contributed by atoms with Crippen LogP contribution in [0, 0.1) is 6.92 Å². The maximum absolute atomic E-state index is 12.0. The van der Waals surface area contributed by atoms with Crippen molar-refractivity contribution in [3.63, 3.8) is 0 Å². The highest BCUT2D eigenvalue weighted by atomic mass is 32.2. The van der Waals surface area contributed by atoms with Crippen LogP contribution in [0.2, 0.25) is 0 Å². The van der Waals surface area contributed by atoms with E-state index >= 15 is 0 Å². The molecule has 2 N–H and O–H groups in total. The van der Waals surface area contributed by atoms with Crippen molar-refractivity contribution in [1.29, 1.82) is 0 Å². The average Bonchev–Trinajstić information content (AvgIpc) is 2.79. The highest BCUT2D eigenvalue weighted by Gasteiger charge is 2.05. The molecule has 3 aromatic rings. The van der Waals surface area contributed by atoms with Crippen LogP contribution in [-0.4, -0.2) is 40.4 Å². The van der Waals surface area contributed by atoms with E-state index in [1.165, 1.54) is 18.0 Å². The Morgan fingerprint density at radius 3 is 2.45 bits per heavy atom. The summed E-state index contributed by atoms with van der Waals surface area (Å²) in [4.78, 5) is 31.8. The molecular formula is C22H21N5O3S. The minimum atomic E-state index is -0.256. The summed E-state index contributed by atoms with van der Waals surface area (Å²) in [5.41, 5.74) is 5.07. The number of hydrogen-bond acceptors (Lipinski definition) is 7. The zero-order valence-corrected chi connectivity index (χ0v) is 17.6. The number of hydrazone groups is 1. The molecule has 2 amide bonds. The first kappa shape index (κ1) is 22.0. The van der Waals surface area contributed by atoms with Crippen molar-refractivity contribution in [3.05, 3.63) is 78.1 Å². The predicted octanol–water partition coefficient (Wildman–Crippen LogP) is 3.04. The fourth-order valence-electron chi connectivity index (χ4n) is 2.33. The topological polar surface area (TPSA) is 106 Å². The highest BCUT2D eigenvalue weighted by molar-refractivity contribution is 7.99. The molecule has 3 rings (SSSR count). The smallest absolute Gasteiger partial charge is 0.262 e. The lowest BCUT2D eigenvalue weighted by molar-refractivity contribution is -0.119. The van der Waals surface area contributed by atoms with E-state index in [1.807, 2.05) is 31.2 Å². The Morgan fingerprint density at radius 1 is 1.03 bits per heavy atom. The summed E-state index contributed by atoms with van der Waals surface area (Å²) >= 11 is 1.23. The first-order chi connectivity index (χ1) is 15.1. The molecule has 158 valence electrons. The second-order valence-corrected chi connectivity index (χ2v) is 7.33. The number of amides is 2. The van der Waals surface area contributed by atoms with Crippen LogP contribution in [0.3, 0.4) is 0 Å². The van der Waals surface area contributed by atoms with Gasteiger partial charge in [0, 0.05) is 18.1 Å². The number of hydrogen-bond donors (Lipinski definition) is 2. The van der Waals surface area contributed by atoms with Gasteiger partial charge in [0.2, 0.25) is 0 Å². The average molecular weight is 436 g/mol. The largest absolute Gasteiger partial charge is 0.484 e. The Kier molecular flexibility index (Phi) is 8.13. The zero-order valence-electron chi connectivity index (χ0n) is 16.8. The molecule has 8 nitrogen and oxygen atoms in total. The van der Waals surface area contributed by atoms with Crippen LogP contribution in [0.25, 0.3) is 0 Å². The molecular weight excluding hydrogens is 414 g/mol. The molecule has 9 heteroatoms. The lowest BCUT2D eigenvalue weighted by Gasteiger charge is -2.08. The number of aromatic nitrogens is 2. The molecule has 0 bridgehead atoms. The third kappa shape index (κ3) is 7.90. The third-order valence-electron chi connectivity index (χ3n) is 3.86. The molecule has 0 fully saturated rings. The monoisotopic (exact) mass is 435 g/mol.